The van der Waals surface area contributed by atoms with Gasteiger partial charge in [0.15, 0.2) is 0 Å². The van der Waals surface area contributed by atoms with E-state index < -0.39 is 28.4 Å². The Hall–Kier alpha value is -3.95. The van der Waals surface area contributed by atoms with Crippen LogP contribution in [0.2, 0.25) is 0 Å². The average Bonchev–Trinajstić information content (AvgIpc) is 2.57. The highest BCUT2D eigenvalue weighted by molar-refractivity contribution is 5.84. The van der Waals surface area contributed by atoms with Crippen molar-refractivity contribution in [2.24, 2.45) is 4.99 Å². The number of hydrogen-bond acceptors (Lipinski definition) is 6. The summed E-state index contributed by atoms with van der Waals surface area (Å²) in [5.74, 6) is -0.632. The van der Waals surface area contributed by atoms with Gasteiger partial charge in [0, 0.05) is 12.4 Å². The molecule has 0 unspecified atom stereocenters. The molecule has 10 nitrogen and oxygen atoms in total. The van der Waals surface area contributed by atoms with Crippen molar-refractivity contribution in [3.63, 3.8) is 0 Å². The van der Waals surface area contributed by atoms with E-state index in [2.05, 4.69) is 15.0 Å². The fourth-order valence-corrected chi connectivity index (χ4v) is 2.22. The van der Waals surface area contributed by atoms with E-state index in [0.29, 0.717) is 5.69 Å². The second kappa shape index (κ2) is 6.51. The normalized spacial score (nSPS) is 11.1. The van der Waals surface area contributed by atoms with Crippen LogP contribution in [0.25, 0.3) is 5.69 Å². The van der Waals surface area contributed by atoms with E-state index in [4.69, 9.17) is 0 Å². The second-order valence-electron chi connectivity index (χ2n) is 5.38. The number of rotatable bonds is 3. The second-order valence-corrected chi connectivity index (χ2v) is 5.38. The number of aromatic amines is 3. The molecule has 0 fully saturated rings. The molecule has 2 heterocycles. The molecular weight excluding hydrogens is 342 g/mol. The lowest BCUT2D eigenvalue weighted by Crippen LogP contribution is -2.31. The van der Waals surface area contributed by atoms with Crippen molar-refractivity contribution in [1.82, 2.24) is 19.5 Å². The summed E-state index contributed by atoms with van der Waals surface area (Å²) < 4.78 is 0.902. The Kier molecular flexibility index (Phi) is 4.23. The van der Waals surface area contributed by atoms with E-state index in [1.54, 1.807) is 24.3 Å². The molecule has 0 aliphatic carbocycles. The van der Waals surface area contributed by atoms with E-state index in [1.165, 1.54) is 0 Å². The molecule has 0 saturated heterocycles. The average molecular weight is 355 g/mol. The highest BCUT2D eigenvalue weighted by Gasteiger charge is 2.14. The highest BCUT2D eigenvalue weighted by atomic mass is 16.3. The molecule has 10 heteroatoms. The Bertz CT molecular complexity index is 1230. The lowest BCUT2D eigenvalue weighted by atomic mass is 10.2. The van der Waals surface area contributed by atoms with Crippen molar-refractivity contribution < 1.29 is 5.11 Å². The molecule has 0 aliphatic heterocycles. The van der Waals surface area contributed by atoms with Crippen molar-refractivity contribution >= 4 is 11.9 Å². The maximum absolute atomic E-state index is 12.1. The fraction of sp³-hybridized carbons (Fsp3) is 0.0625. The molecule has 0 bridgehead atoms. The summed E-state index contributed by atoms with van der Waals surface area (Å²) in [6.45, 7) is 1.86. The molecule has 132 valence electrons. The maximum Gasteiger partial charge on any atom is 0.335 e. The minimum Gasteiger partial charge on any atom is -0.493 e. The first-order chi connectivity index (χ1) is 12.4. The molecule has 0 saturated carbocycles. The Labute approximate surface area is 144 Å². The summed E-state index contributed by atoms with van der Waals surface area (Å²) >= 11 is 0. The lowest BCUT2D eigenvalue weighted by Gasteiger charge is -2.09. The summed E-state index contributed by atoms with van der Waals surface area (Å²) in [5, 5.41) is 10.4. The zero-order valence-corrected chi connectivity index (χ0v) is 13.4. The van der Waals surface area contributed by atoms with E-state index in [0.717, 1.165) is 22.5 Å². The van der Waals surface area contributed by atoms with Gasteiger partial charge in [-0.05, 0) is 19.1 Å². The summed E-state index contributed by atoms with van der Waals surface area (Å²) in [7, 11) is 0. The van der Waals surface area contributed by atoms with E-state index in [9.17, 15) is 24.3 Å². The minimum atomic E-state index is -0.875. The predicted octanol–water partition coefficient (Wildman–Crippen LogP) is -0.333. The van der Waals surface area contributed by atoms with Crippen LogP contribution in [0.3, 0.4) is 0 Å². The number of aromatic hydroxyl groups is 1. The van der Waals surface area contributed by atoms with Gasteiger partial charge in [-0.1, -0.05) is 17.7 Å². The van der Waals surface area contributed by atoms with Gasteiger partial charge in [-0.2, -0.15) is 0 Å². The van der Waals surface area contributed by atoms with Crippen LogP contribution in [0, 0.1) is 6.92 Å². The largest absolute Gasteiger partial charge is 0.493 e. The van der Waals surface area contributed by atoms with Gasteiger partial charge in [0.1, 0.15) is 11.3 Å². The first-order valence-corrected chi connectivity index (χ1v) is 7.38. The van der Waals surface area contributed by atoms with Crippen LogP contribution < -0.4 is 22.5 Å². The summed E-state index contributed by atoms with van der Waals surface area (Å²) in [6, 6.07) is 6.67. The van der Waals surface area contributed by atoms with Crippen LogP contribution in [0.5, 0.6) is 5.88 Å². The number of nitrogens with one attached hydrogen (secondary N) is 3. The zero-order chi connectivity index (χ0) is 18.8. The first-order valence-electron chi connectivity index (χ1n) is 7.38. The first kappa shape index (κ1) is 16.9. The summed E-state index contributed by atoms with van der Waals surface area (Å²) in [4.78, 5) is 56.7. The van der Waals surface area contributed by atoms with Gasteiger partial charge in [-0.25, -0.2) is 19.1 Å². The molecule has 0 amide bonds. The molecule has 2 aromatic heterocycles. The maximum atomic E-state index is 12.1. The Morgan fingerprint density at radius 1 is 1.04 bits per heavy atom. The molecule has 3 rings (SSSR count). The zero-order valence-electron chi connectivity index (χ0n) is 13.4. The molecule has 1 aromatic carbocycles. The van der Waals surface area contributed by atoms with Gasteiger partial charge >= 0.3 is 11.4 Å². The monoisotopic (exact) mass is 355 g/mol. The van der Waals surface area contributed by atoms with Crippen LogP contribution in [-0.4, -0.2) is 30.8 Å². The van der Waals surface area contributed by atoms with Crippen molar-refractivity contribution in [2.75, 3.05) is 0 Å². The fourth-order valence-electron chi connectivity index (χ4n) is 2.22. The number of H-pyrrole nitrogens is 3. The van der Waals surface area contributed by atoms with Gasteiger partial charge in [0.25, 0.3) is 11.1 Å². The topological polar surface area (TPSA) is 153 Å². The summed E-state index contributed by atoms with van der Waals surface area (Å²) in [6.07, 6.45) is 1.99. The SMILES string of the molecule is Cc1ccc(-n2c(O)c(C=Nc3c[nH]c(=O)[nH]c3=O)c(=O)[nH]c2=O)cc1. The van der Waals surface area contributed by atoms with Crippen molar-refractivity contribution in [3.05, 3.63) is 83.3 Å². The van der Waals surface area contributed by atoms with Gasteiger partial charge in [-0.3, -0.25) is 19.6 Å². The van der Waals surface area contributed by atoms with Crippen LogP contribution in [-0.2, 0) is 0 Å². The van der Waals surface area contributed by atoms with Gasteiger partial charge < -0.3 is 10.1 Å². The van der Waals surface area contributed by atoms with Crippen LogP contribution in [0.15, 0.2) is 54.6 Å². The number of benzene rings is 1. The number of nitrogens with zero attached hydrogens (tertiary/aromatic N) is 2. The smallest absolute Gasteiger partial charge is 0.335 e. The third-order valence-corrected chi connectivity index (χ3v) is 3.55. The van der Waals surface area contributed by atoms with Gasteiger partial charge in [-0.15, -0.1) is 0 Å². The molecule has 0 radical (unpaired) electrons. The van der Waals surface area contributed by atoms with Crippen LogP contribution in [0.4, 0.5) is 5.69 Å². The van der Waals surface area contributed by atoms with E-state index in [1.807, 2.05) is 11.9 Å². The molecule has 3 aromatic rings. The van der Waals surface area contributed by atoms with Gasteiger partial charge in [0.2, 0.25) is 5.88 Å². The standard InChI is InChI=1S/C16H13N5O5/c1-8-2-4-9(5-3-8)21-14(24)10(12(22)20-16(21)26)6-17-11-7-18-15(25)19-13(11)23/h2-7,24H,1H3,(H,20,22,26)(H2,18,19,23,25). The third-order valence-electron chi connectivity index (χ3n) is 3.55. The molecular formula is C16H13N5O5. The minimum absolute atomic E-state index is 0.184. The molecule has 0 aliphatic rings. The Morgan fingerprint density at radius 3 is 2.38 bits per heavy atom. The van der Waals surface area contributed by atoms with E-state index >= 15 is 0 Å². The highest BCUT2D eigenvalue weighted by Crippen LogP contribution is 2.16. The lowest BCUT2D eigenvalue weighted by molar-refractivity contribution is 0.430. The molecule has 4 N–H and O–H groups in total. The summed E-state index contributed by atoms with van der Waals surface area (Å²) in [5.41, 5.74) is -2.39. The van der Waals surface area contributed by atoms with Gasteiger partial charge in [0.05, 0.1) is 5.69 Å². The van der Waals surface area contributed by atoms with Crippen molar-refractivity contribution in [2.45, 2.75) is 6.92 Å². The van der Waals surface area contributed by atoms with E-state index in [-0.39, 0.29) is 11.3 Å². The Morgan fingerprint density at radius 2 is 1.73 bits per heavy atom. The molecule has 0 spiro atoms. The van der Waals surface area contributed by atoms with Crippen LogP contribution in [0.1, 0.15) is 11.1 Å². The van der Waals surface area contributed by atoms with Crippen molar-refractivity contribution in [1.29, 1.82) is 0 Å². The molecule has 26 heavy (non-hydrogen) atoms. The number of aromatic nitrogens is 4. The van der Waals surface area contributed by atoms with Crippen molar-refractivity contribution in [3.8, 4) is 11.6 Å². The van der Waals surface area contributed by atoms with Crippen LogP contribution >= 0.6 is 0 Å². The quantitative estimate of drug-likeness (QED) is 0.474. The number of hydrogen-bond donors (Lipinski definition) is 4. The number of aryl methyl sites for hydroxylation is 1. The molecule has 0 atom stereocenters. The number of aliphatic imine (C=N–C) groups is 1. The predicted molar refractivity (Wildman–Crippen MR) is 94.0 cm³/mol. The third kappa shape index (κ3) is 3.15. The Balaban J connectivity index is 2.15.